The Morgan fingerprint density at radius 1 is 1.62 bits per heavy atom. The van der Waals surface area contributed by atoms with Gasteiger partial charge in [-0.2, -0.15) is 0 Å². The van der Waals surface area contributed by atoms with Crippen LogP contribution >= 0.6 is 0 Å². The van der Waals surface area contributed by atoms with Gasteiger partial charge in [0.25, 0.3) is 5.56 Å². The van der Waals surface area contributed by atoms with Crippen LogP contribution in [0.5, 0.6) is 0 Å². The molecule has 0 amide bonds. The lowest BCUT2D eigenvalue weighted by Crippen LogP contribution is -2.19. The van der Waals surface area contributed by atoms with E-state index < -0.39 is 0 Å². The number of hydrogen-bond acceptors (Lipinski definition) is 2. The Hall–Kier alpha value is -1.58. The molecule has 0 radical (unpaired) electrons. The van der Waals surface area contributed by atoms with Crippen LogP contribution in [0.1, 0.15) is 13.3 Å². The minimum absolute atomic E-state index is 0.0353. The largest absolute Gasteiger partial charge is 0.346 e. The first-order valence-corrected chi connectivity index (χ1v) is 4.35. The molecule has 0 aliphatic rings. The highest BCUT2D eigenvalue weighted by atomic mass is 16.1. The van der Waals surface area contributed by atoms with Crippen LogP contribution in [-0.4, -0.2) is 14.5 Å². The summed E-state index contributed by atoms with van der Waals surface area (Å²) in [6.45, 7) is 2.76. The fourth-order valence-corrected chi connectivity index (χ4v) is 1.37. The first-order chi connectivity index (χ1) is 6.33. The maximum Gasteiger partial charge on any atom is 0.262 e. The number of fused-ring (bicyclic) bond motifs is 1. The zero-order chi connectivity index (χ0) is 9.26. The number of hydrogen-bond donors (Lipinski definition) is 1. The molecule has 0 aromatic carbocycles. The molecule has 2 heterocycles. The first kappa shape index (κ1) is 8.04. The summed E-state index contributed by atoms with van der Waals surface area (Å²) < 4.78 is 1.64. The quantitative estimate of drug-likeness (QED) is 0.747. The van der Waals surface area contributed by atoms with Crippen LogP contribution in [0, 0.1) is 0 Å². The molecule has 68 valence electrons. The predicted molar refractivity (Wildman–Crippen MR) is 50.6 cm³/mol. The Morgan fingerprint density at radius 2 is 2.46 bits per heavy atom. The van der Waals surface area contributed by atoms with Crippen LogP contribution < -0.4 is 5.56 Å². The number of H-pyrrole nitrogens is 1. The van der Waals surface area contributed by atoms with Crippen LogP contribution in [0.2, 0.25) is 0 Å². The second-order valence-corrected chi connectivity index (χ2v) is 2.98. The number of aryl methyl sites for hydroxylation is 1. The van der Waals surface area contributed by atoms with E-state index in [9.17, 15) is 4.79 Å². The highest BCUT2D eigenvalue weighted by Crippen LogP contribution is 2.01. The Kier molecular flexibility index (Phi) is 1.88. The van der Waals surface area contributed by atoms with Crippen molar-refractivity contribution >= 4 is 11.0 Å². The standard InChI is InChI=1S/C9H11N3O/c1-2-5-12-6-11-8-7(9(12)13)3-4-10-8/h3-4,6,10H,2,5H2,1H3. The van der Waals surface area contributed by atoms with Gasteiger partial charge in [-0.15, -0.1) is 0 Å². The van der Waals surface area contributed by atoms with Gasteiger partial charge in [-0.1, -0.05) is 6.92 Å². The van der Waals surface area contributed by atoms with Crippen LogP contribution in [0.25, 0.3) is 11.0 Å². The van der Waals surface area contributed by atoms with E-state index in [4.69, 9.17) is 0 Å². The van der Waals surface area contributed by atoms with Crippen molar-refractivity contribution in [1.29, 1.82) is 0 Å². The molecule has 4 heteroatoms. The van der Waals surface area contributed by atoms with Gasteiger partial charge in [0.15, 0.2) is 0 Å². The van der Waals surface area contributed by atoms with Gasteiger partial charge < -0.3 is 4.98 Å². The summed E-state index contributed by atoms with van der Waals surface area (Å²) in [5.74, 6) is 0. The van der Waals surface area contributed by atoms with Gasteiger partial charge in [-0.3, -0.25) is 9.36 Å². The minimum atomic E-state index is 0.0353. The molecule has 2 aromatic heterocycles. The molecular weight excluding hydrogens is 166 g/mol. The highest BCUT2D eigenvalue weighted by molar-refractivity contribution is 5.73. The Labute approximate surface area is 75.2 Å². The van der Waals surface area contributed by atoms with Gasteiger partial charge >= 0.3 is 0 Å². The van der Waals surface area contributed by atoms with E-state index in [1.807, 2.05) is 6.92 Å². The molecule has 0 aliphatic heterocycles. The van der Waals surface area contributed by atoms with Crippen molar-refractivity contribution in [3.05, 3.63) is 28.9 Å². The van der Waals surface area contributed by atoms with E-state index >= 15 is 0 Å². The second-order valence-electron chi connectivity index (χ2n) is 2.98. The zero-order valence-corrected chi connectivity index (χ0v) is 7.45. The Balaban J connectivity index is 2.67. The number of aromatic amines is 1. The number of nitrogens with zero attached hydrogens (tertiary/aromatic N) is 2. The van der Waals surface area contributed by atoms with E-state index in [1.54, 1.807) is 23.2 Å². The summed E-state index contributed by atoms with van der Waals surface area (Å²) in [7, 11) is 0. The lowest BCUT2D eigenvalue weighted by Gasteiger charge is -2.01. The van der Waals surface area contributed by atoms with Gasteiger partial charge in [0.05, 0.1) is 11.7 Å². The normalized spacial score (nSPS) is 10.8. The van der Waals surface area contributed by atoms with E-state index in [0.717, 1.165) is 13.0 Å². The summed E-state index contributed by atoms with van der Waals surface area (Å²) in [4.78, 5) is 18.7. The van der Waals surface area contributed by atoms with Gasteiger partial charge in [0, 0.05) is 12.7 Å². The van der Waals surface area contributed by atoms with E-state index in [-0.39, 0.29) is 5.56 Å². The molecular formula is C9H11N3O. The first-order valence-electron chi connectivity index (χ1n) is 4.35. The molecule has 0 saturated heterocycles. The maximum absolute atomic E-state index is 11.7. The molecule has 0 atom stereocenters. The topological polar surface area (TPSA) is 50.7 Å². The number of nitrogens with one attached hydrogen (secondary N) is 1. The summed E-state index contributed by atoms with van der Waals surface area (Å²) in [5.41, 5.74) is 0.699. The summed E-state index contributed by atoms with van der Waals surface area (Å²) in [6.07, 6.45) is 4.26. The molecule has 1 N–H and O–H groups in total. The predicted octanol–water partition coefficient (Wildman–Crippen LogP) is 1.13. The van der Waals surface area contributed by atoms with Crippen molar-refractivity contribution in [1.82, 2.24) is 14.5 Å². The van der Waals surface area contributed by atoms with Crippen LogP contribution in [0.4, 0.5) is 0 Å². The third kappa shape index (κ3) is 1.24. The fourth-order valence-electron chi connectivity index (χ4n) is 1.37. The number of aromatic nitrogens is 3. The van der Waals surface area contributed by atoms with Crippen molar-refractivity contribution in [3.63, 3.8) is 0 Å². The summed E-state index contributed by atoms with van der Waals surface area (Å²) >= 11 is 0. The zero-order valence-electron chi connectivity index (χ0n) is 7.45. The molecule has 0 spiro atoms. The Morgan fingerprint density at radius 3 is 3.23 bits per heavy atom. The van der Waals surface area contributed by atoms with Crippen molar-refractivity contribution < 1.29 is 0 Å². The smallest absolute Gasteiger partial charge is 0.262 e. The van der Waals surface area contributed by atoms with Crippen molar-refractivity contribution in [2.24, 2.45) is 0 Å². The molecule has 0 aliphatic carbocycles. The van der Waals surface area contributed by atoms with E-state index in [1.165, 1.54) is 0 Å². The van der Waals surface area contributed by atoms with Gasteiger partial charge in [-0.25, -0.2) is 4.98 Å². The SMILES string of the molecule is CCCn1cnc2[nH]ccc2c1=O. The molecule has 2 rings (SSSR count). The van der Waals surface area contributed by atoms with Crippen molar-refractivity contribution in [2.75, 3.05) is 0 Å². The van der Waals surface area contributed by atoms with Gasteiger partial charge in [-0.05, 0) is 12.5 Å². The fraction of sp³-hybridized carbons (Fsp3) is 0.333. The molecule has 4 nitrogen and oxygen atoms in total. The molecule has 13 heavy (non-hydrogen) atoms. The van der Waals surface area contributed by atoms with E-state index in [0.29, 0.717) is 11.0 Å². The van der Waals surface area contributed by atoms with Crippen LogP contribution in [0.3, 0.4) is 0 Å². The van der Waals surface area contributed by atoms with Crippen LogP contribution in [-0.2, 0) is 6.54 Å². The van der Waals surface area contributed by atoms with Crippen molar-refractivity contribution in [2.45, 2.75) is 19.9 Å². The lowest BCUT2D eigenvalue weighted by molar-refractivity contribution is 0.647. The minimum Gasteiger partial charge on any atom is -0.346 e. The van der Waals surface area contributed by atoms with Gasteiger partial charge in [0.1, 0.15) is 5.65 Å². The monoisotopic (exact) mass is 177 g/mol. The lowest BCUT2D eigenvalue weighted by atomic mass is 10.4. The molecule has 2 aromatic rings. The van der Waals surface area contributed by atoms with Gasteiger partial charge in [0.2, 0.25) is 0 Å². The molecule has 0 bridgehead atoms. The van der Waals surface area contributed by atoms with Crippen LogP contribution in [0.15, 0.2) is 23.4 Å². The average molecular weight is 177 g/mol. The van der Waals surface area contributed by atoms with Crippen molar-refractivity contribution in [3.8, 4) is 0 Å². The molecule has 0 unspecified atom stereocenters. The third-order valence-electron chi connectivity index (χ3n) is 2.01. The second kappa shape index (κ2) is 3.05. The molecule has 0 fully saturated rings. The average Bonchev–Trinajstić information content (AvgIpc) is 2.58. The molecule has 0 saturated carbocycles. The summed E-state index contributed by atoms with van der Waals surface area (Å²) in [6, 6.07) is 1.76. The maximum atomic E-state index is 11.7. The highest BCUT2D eigenvalue weighted by Gasteiger charge is 2.02. The third-order valence-corrected chi connectivity index (χ3v) is 2.01. The van der Waals surface area contributed by atoms with E-state index in [2.05, 4.69) is 9.97 Å². The number of rotatable bonds is 2. The summed E-state index contributed by atoms with van der Waals surface area (Å²) in [5, 5.41) is 0.663. The Bertz CT molecular complexity index is 469.